The lowest BCUT2D eigenvalue weighted by molar-refractivity contribution is -0.122. The smallest absolute Gasteiger partial charge is 0.232 e. The van der Waals surface area contributed by atoms with E-state index in [0.29, 0.717) is 36.6 Å². The molecule has 2 N–H and O–H groups in total. The average molecular weight is 383 g/mol. The number of aromatic nitrogens is 4. The van der Waals surface area contributed by atoms with Crippen molar-refractivity contribution in [1.82, 2.24) is 25.1 Å². The topological polar surface area (TPSA) is 102 Å². The normalized spacial score (nSPS) is 12.3. The Kier molecular flexibility index (Phi) is 6.54. The molecule has 0 spiro atoms. The van der Waals surface area contributed by atoms with Crippen LogP contribution in [0.15, 0.2) is 42.5 Å². The fourth-order valence-corrected chi connectivity index (χ4v) is 2.87. The zero-order valence-electron chi connectivity index (χ0n) is 16.1. The van der Waals surface area contributed by atoms with Crippen LogP contribution in [0.3, 0.4) is 0 Å². The van der Waals surface area contributed by atoms with Gasteiger partial charge in [-0.3, -0.25) is 4.79 Å². The van der Waals surface area contributed by atoms with Crippen molar-refractivity contribution in [2.24, 2.45) is 0 Å². The van der Waals surface area contributed by atoms with Crippen molar-refractivity contribution in [3.8, 4) is 5.88 Å². The van der Waals surface area contributed by atoms with Crippen LogP contribution in [-0.4, -0.2) is 43.5 Å². The molecule has 2 heterocycles. The molecule has 8 nitrogen and oxygen atoms in total. The Labute approximate surface area is 163 Å². The van der Waals surface area contributed by atoms with Crippen molar-refractivity contribution in [1.29, 1.82) is 0 Å². The molecule has 8 heteroatoms. The van der Waals surface area contributed by atoms with Gasteiger partial charge in [-0.15, -0.1) is 15.3 Å². The molecule has 0 aliphatic rings. The first-order valence-electron chi connectivity index (χ1n) is 9.40. The number of nitrogens with one attached hydrogen (secondary N) is 1. The molecule has 3 rings (SSSR count). The SMILES string of the molecule is CC(C)Oc1ccc2nnc(CCCC(=O)N[C@@H](CO)c3ccccc3)n2n1. The highest BCUT2D eigenvalue weighted by Crippen LogP contribution is 2.14. The highest BCUT2D eigenvalue weighted by molar-refractivity contribution is 5.76. The van der Waals surface area contributed by atoms with Crippen molar-refractivity contribution < 1.29 is 14.6 Å². The minimum absolute atomic E-state index is 0.0256. The molecule has 0 saturated carbocycles. The van der Waals surface area contributed by atoms with Gasteiger partial charge < -0.3 is 15.2 Å². The van der Waals surface area contributed by atoms with Crippen LogP contribution < -0.4 is 10.1 Å². The van der Waals surface area contributed by atoms with E-state index in [2.05, 4.69) is 20.6 Å². The first kappa shape index (κ1) is 19.8. The Bertz CT molecular complexity index is 911. The van der Waals surface area contributed by atoms with Crippen LogP contribution in [0.2, 0.25) is 0 Å². The number of nitrogens with zero attached hydrogens (tertiary/aromatic N) is 4. The monoisotopic (exact) mass is 383 g/mol. The van der Waals surface area contributed by atoms with E-state index in [1.54, 1.807) is 16.6 Å². The van der Waals surface area contributed by atoms with Gasteiger partial charge in [-0.2, -0.15) is 4.52 Å². The van der Waals surface area contributed by atoms with Gasteiger partial charge in [-0.25, -0.2) is 0 Å². The molecule has 0 saturated heterocycles. The third-order valence-corrected chi connectivity index (χ3v) is 4.18. The molecule has 1 aromatic carbocycles. The molecule has 148 valence electrons. The van der Waals surface area contributed by atoms with Gasteiger partial charge in [-0.1, -0.05) is 30.3 Å². The second-order valence-corrected chi connectivity index (χ2v) is 6.79. The van der Waals surface area contributed by atoms with Crippen LogP contribution in [0.5, 0.6) is 5.88 Å². The van der Waals surface area contributed by atoms with Gasteiger partial charge in [0.2, 0.25) is 11.8 Å². The van der Waals surface area contributed by atoms with Crippen LogP contribution in [0, 0.1) is 0 Å². The van der Waals surface area contributed by atoms with E-state index < -0.39 is 6.04 Å². The Hall–Kier alpha value is -3.00. The zero-order chi connectivity index (χ0) is 19.9. The molecule has 0 aliphatic carbocycles. The number of hydrogen-bond acceptors (Lipinski definition) is 6. The van der Waals surface area contributed by atoms with Crippen LogP contribution in [-0.2, 0) is 11.2 Å². The molecule has 0 fully saturated rings. The fraction of sp³-hybridized carbons (Fsp3) is 0.400. The fourth-order valence-electron chi connectivity index (χ4n) is 2.87. The molecular formula is C20H25N5O3. The largest absolute Gasteiger partial charge is 0.474 e. The summed E-state index contributed by atoms with van der Waals surface area (Å²) < 4.78 is 7.26. The summed E-state index contributed by atoms with van der Waals surface area (Å²) in [5.74, 6) is 1.07. The van der Waals surface area contributed by atoms with Gasteiger partial charge in [0.1, 0.15) is 0 Å². The molecular weight excluding hydrogens is 358 g/mol. The number of carbonyl (C=O) groups is 1. The van der Waals surface area contributed by atoms with E-state index in [1.807, 2.05) is 44.2 Å². The van der Waals surface area contributed by atoms with Crippen LogP contribution in [0.4, 0.5) is 0 Å². The molecule has 28 heavy (non-hydrogen) atoms. The van der Waals surface area contributed by atoms with Crippen LogP contribution >= 0.6 is 0 Å². The number of aliphatic hydroxyl groups is 1. The number of carbonyl (C=O) groups excluding carboxylic acids is 1. The predicted octanol–water partition coefficient (Wildman–Crippen LogP) is 2.08. The summed E-state index contributed by atoms with van der Waals surface area (Å²) in [6.07, 6.45) is 1.50. The number of fused-ring (bicyclic) bond motifs is 1. The Morgan fingerprint density at radius 3 is 2.68 bits per heavy atom. The highest BCUT2D eigenvalue weighted by atomic mass is 16.5. The van der Waals surface area contributed by atoms with Crippen molar-refractivity contribution in [3.05, 3.63) is 53.9 Å². The molecule has 0 bridgehead atoms. The van der Waals surface area contributed by atoms with Gasteiger partial charge in [0.05, 0.1) is 18.8 Å². The number of hydrogen-bond donors (Lipinski definition) is 2. The standard InChI is InChI=1S/C20H25N5O3/c1-14(2)28-20-12-11-18-23-22-17(25(18)24-20)9-6-10-19(27)21-16(13-26)15-7-4-3-5-8-15/h3-5,7-8,11-12,14,16,26H,6,9-10,13H2,1-2H3,(H,21,27)/t16-/m0/s1. The average Bonchev–Trinajstić information content (AvgIpc) is 3.08. The Balaban J connectivity index is 1.56. The molecule has 0 radical (unpaired) electrons. The second kappa shape index (κ2) is 9.27. The maximum atomic E-state index is 12.3. The molecule has 1 atom stereocenters. The summed E-state index contributed by atoms with van der Waals surface area (Å²) in [5, 5.41) is 25.1. The lowest BCUT2D eigenvalue weighted by atomic mass is 10.1. The lowest BCUT2D eigenvalue weighted by Gasteiger charge is -2.16. The van der Waals surface area contributed by atoms with Crippen molar-refractivity contribution in [3.63, 3.8) is 0 Å². The molecule has 1 amide bonds. The highest BCUT2D eigenvalue weighted by Gasteiger charge is 2.14. The minimum atomic E-state index is -0.403. The number of benzene rings is 1. The summed E-state index contributed by atoms with van der Waals surface area (Å²) in [7, 11) is 0. The van der Waals surface area contributed by atoms with Crippen molar-refractivity contribution in [2.75, 3.05) is 6.61 Å². The summed E-state index contributed by atoms with van der Waals surface area (Å²) in [6.45, 7) is 3.73. The van der Waals surface area contributed by atoms with Gasteiger partial charge in [0.25, 0.3) is 0 Å². The first-order chi connectivity index (χ1) is 13.6. The van der Waals surface area contributed by atoms with E-state index in [9.17, 15) is 9.90 Å². The Morgan fingerprint density at radius 1 is 1.18 bits per heavy atom. The summed E-state index contributed by atoms with van der Waals surface area (Å²) in [6, 6.07) is 12.6. The van der Waals surface area contributed by atoms with Crippen molar-refractivity contribution >= 4 is 11.6 Å². The number of aliphatic hydroxyl groups excluding tert-OH is 1. The second-order valence-electron chi connectivity index (χ2n) is 6.79. The van der Waals surface area contributed by atoms with E-state index in [-0.39, 0.29) is 18.6 Å². The maximum Gasteiger partial charge on any atom is 0.232 e. The lowest BCUT2D eigenvalue weighted by Crippen LogP contribution is -2.30. The van der Waals surface area contributed by atoms with Crippen molar-refractivity contribution in [2.45, 2.75) is 45.3 Å². The first-order valence-corrected chi connectivity index (χ1v) is 9.40. The van der Waals surface area contributed by atoms with E-state index in [4.69, 9.17) is 4.74 Å². The third-order valence-electron chi connectivity index (χ3n) is 4.18. The van der Waals surface area contributed by atoms with E-state index >= 15 is 0 Å². The maximum absolute atomic E-state index is 12.3. The zero-order valence-corrected chi connectivity index (χ0v) is 16.1. The minimum Gasteiger partial charge on any atom is -0.474 e. The summed E-state index contributed by atoms with van der Waals surface area (Å²) >= 11 is 0. The summed E-state index contributed by atoms with van der Waals surface area (Å²) in [4.78, 5) is 12.3. The number of rotatable bonds is 9. The van der Waals surface area contributed by atoms with Gasteiger partial charge in [0, 0.05) is 18.9 Å². The number of ether oxygens (including phenoxy) is 1. The van der Waals surface area contributed by atoms with Gasteiger partial charge in [0.15, 0.2) is 11.5 Å². The third kappa shape index (κ3) is 5.04. The molecule has 3 aromatic rings. The Morgan fingerprint density at radius 2 is 1.96 bits per heavy atom. The molecule has 2 aromatic heterocycles. The quantitative estimate of drug-likeness (QED) is 0.587. The van der Waals surface area contributed by atoms with Gasteiger partial charge >= 0.3 is 0 Å². The predicted molar refractivity (Wildman–Crippen MR) is 104 cm³/mol. The van der Waals surface area contributed by atoms with E-state index in [0.717, 1.165) is 5.56 Å². The number of amides is 1. The molecule has 0 aliphatic heterocycles. The van der Waals surface area contributed by atoms with Crippen LogP contribution in [0.1, 0.15) is 44.1 Å². The molecule has 0 unspecified atom stereocenters. The summed E-state index contributed by atoms with van der Waals surface area (Å²) in [5.41, 5.74) is 1.52. The van der Waals surface area contributed by atoms with Gasteiger partial charge in [-0.05, 0) is 31.9 Å². The van der Waals surface area contributed by atoms with E-state index in [1.165, 1.54) is 0 Å². The number of aryl methyl sites for hydroxylation is 1. The van der Waals surface area contributed by atoms with Crippen LogP contribution in [0.25, 0.3) is 5.65 Å².